The highest BCUT2D eigenvalue weighted by molar-refractivity contribution is 7.10. The number of rotatable bonds is 19. The summed E-state index contributed by atoms with van der Waals surface area (Å²) in [5, 5.41) is 22.6. The molecule has 4 aromatic heterocycles. The lowest BCUT2D eigenvalue weighted by molar-refractivity contribution is -0.274. The van der Waals surface area contributed by atoms with Crippen molar-refractivity contribution >= 4 is 82.5 Å². The average molecular weight is 1990 g/mol. The molecule has 5 aliphatic heterocycles. The van der Waals surface area contributed by atoms with Crippen LogP contribution in [0.25, 0.3) is 55.8 Å². The molecule has 0 saturated carbocycles. The highest BCUT2D eigenvalue weighted by Gasteiger charge is 2.63. The number of hydrogen-bond donors (Lipinski definition) is 8. The Hall–Kier alpha value is -17.1. The number of alkyl halides is 3. The molecule has 1 aliphatic carbocycles. The van der Waals surface area contributed by atoms with Crippen LogP contribution in [0.1, 0.15) is 150 Å². The summed E-state index contributed by atoms with van der Waals surface area (Å²) in [6, 6.07) is 76.4. The number of carbonyl (C=O) groups excluding carboxylic acids is 7. The average Bonchev–Trinajstić information content (AvgIpc) is 1.48. The molecule has 13 N–H and O–H groups in total. The van der Waals surface area contributed by atoms with Crippen LogP contribution >= 0.6 is 11.3 Å². The van der Waals surface area contributed by atoms with Crippen molar-refractivity contribution in [2.24, 2.45) is 60.7 Å². The number of nitrogens with two attached hydrogens (primary N) is 5. The quantitative estimate of drug-likeness (QED) is 0.0349. The van der Waals surface area contributed by atoms with E-state index in [0.29, 0.717) is 54.8 Å². The van der Waals surface area contributed by atoms with E-state index in [4.69, 9.17) is 38.1 Å². The van der Waals surface area contributed by atoms with Crippen molar-refractivity contribution < 1.29 is 61.0 Å². The highest BCUT2D eigenvalue weighted by atomic mass is 32.1. The van der Waals surface area contributed by atoms with Gasteiger partial charge < -0.3 is 53.6 Å². The first-order valence-corrected chi connectivity index (χ1v) is 48.0. The second-order valence-electron chi connectivity index (χ2n) is 36.9. The number of pyridine rings is 1. The van der Waals surface area contributed by atoms with E-state index in [0.717, 1.165) is 106 Å². The van der Waals surface area contributed by atoms with Gasteiger partial charge in [-0.2, -0.15) is 5.10 Å². The molecule has 34 heteroatoms. The van der Waals surface area contributed by atoms with Gasteiger partial charge in [-0.15, -0.1) is 30.4 Å². The van der Waals surface area contributed by atoms with E-state index < -0.39 is 40.0 Å². The third-order valence-electron chi connectivity index (χ3n) is 27.0. The number of ether oxygens (including phenoxy) is 1. The highest BCUT2D eigenvalue weighted by Crippen LogP contribution is 2.58. The van der Waals surface area contributed by atoms with Crippen LogP contribution in [0.2, 0.25) is 0 Å². The first kappa shape index (κ1) is 103. The molecule has 2 unspecified atom stereocenters. The lowest BCUT2D eigenvalue weighted by Crippen LogP contribution is -2.62. The number of likely N-dealkylation sites (N-methyl/N-ethyl adjacent to an activating group) is 2. The first-order chi connectivity index (χ1) is 69.6. The Morgan fingerprint density at radius 1 is 0.555 bits per heavy atom. The number of guanidine groups is 5. The minimum Gasteiger partial charge on any atom is -0.508 e. The summed E-state index contributed by atoms with van der Waals surface area (Å²) in [5.41, 5.74) is 44.3. The summed E-state index contributed by atoms with van der Waals surface area (Å²) in [6.07, 6.45) is 3.67. The Morgan fingerprint density at radius 3 is 1.85 bits per heavy atom. The van der Waals surface area contributed by atoms with Crippen LogP contribution in [0, 0.1) is 11.8 Å². The third-order valence-corrected chi connectivity index (χ3v) is 28.1. The SMILES string of the molecule is CC#Cc1cncc(-c2csc([C@@]3(C)N=C(N)N(C)C(=O)C34CCc3cc(O)ccc34)c2)c1.CCc1cccc(-c2cc([C@]3(C)CC(=O)N(C)C(N)=N3)nn2C)c1.CN1C(=O)C(C)(c2cccc(-c3ccccc3CNC(=O)Cc3ccccc3)c2)N=C1N.CN1C(=O)C[C@@H](c2cccc(-c3cccc(OC(F)(F)F)c3)c2)N=C1N.CN1C(=O)C[C@@](C)(c2cccc(-c3cccc(C(=O)NCc4ccco4)c3)c2)N=C1N. The number of phenolic OH excluding ortho intramolecular Hbond substituents is 1. The Kier molecular flexibility index (Phi) is 30.4. The van der Waals surface area contributed by atoms with Crippen molar-refractivity contribution in [2.45, 2.75) is 140 Å². The van der Waals surface area contributed by atoms with Crippen LogP contribution in [0.15, 0.2) is 302 Å². The van der Waals surface area contributed by atoms with Crippen molar-refractivity contribution in [2.75, 3.05) is 35.2 Å². The van der Waals surface area contributed by atoms with E-state index in [2.05, 4.69) is 99.9 Å². The number of nitrogens with zero attached hydrogens (tertiary/aromatic N) is 13. The lowest BCUT2D eigenvalue weighted by atomic mass is 9.64. The minimum atomic E-state index is -4.75. The van der Waals surface area contributed by atoms with E-state index in [9.17, 15) is 51.8 Å². The number of hydrogen-bond acceptors (Lipinski definition) is 23. The van der Waals surface area contributed by atoms with Crippen LogP contribution in [-0.4, -0.2) is 157 Å². The zero-order chi connectivity index (χ0) is 104. The van der Waals surface area contributed by atoms with Gasteiger partial charge in [0, 0.05) is 88.4 Å². The van der Waals surface area contributed by atoms with E-state index in [-0.39, 0.29) is 102 Å². The van der Waals surface area contributed by atoms with Crippen molar-refractivity contribution in [3.05, 3.63) is 345 Å². The normalized spacial score (nSPS) is 19.9. The number of benzene rings is 9. The monoisotopic (exact) mass is 1990 g/mol. The summed E-state index contributed by atoms with van der Waals surface area (Å²) in [5.74, 6) is 6.84. The van der Waals surface area contributed by atoms with E-state index in [1.165, 1.54) is 48.3 Å². The first-order valence-electron chi connectivity index (χ1n) is 47.1. The summed E-state index contributed by atoms with van der Waals surface area (Å²) in [7, 11) is 10.0. The number of aromatic nitrogens is 3. The van der Waals surface area contributed by atoms with Crippen molar-refractivity contribution in [3.63, 3.8) is 0 Å². The molecule has 6 aliphatic rings. The molecule has 0 saturated heterocycles. The van der Waals surface area contributed by atoms with E-state index in [1.807, 2.05) is 184 Å². The molecule has 7 amide bonds. The van der Waals surface area contributed by atoms with Gasteiger partial charge in [0.05, 0.1) is 61.5 Å². The molecule has 9 heterocycles. The second-order valence-corrected chi connectivity index (χ2v) is 37.8. The molecule has 146 heavy (non-hydrogen) atoms. The van der Waals surface area contributed by atoms with E-state index in [1.54, 1.807) is 127 Å². The number of phenols is 1. The molecule has 19 rings (SSSR count). The molecule has 0 bridgehead atoms. The van der Waals surface area contributed by atoms with Gasteiger partial charge in [-0.05, 0) is 234 Å². The second kappa shape index (κ2) is 43.0. The molecule has 0 radical (unpaired) electrons. The Balaban J connectivity index is 0.000000138. The molecular weight excluding hydrogens is 1870 g/mol. The molecule has 13 aromatic rings. The summed E-state index contributed by atoms with van der Waals surface area (Å²) in [6.45, 7) is 12.3. The number of thiophene rings is 1. The molecule has 0 fully saturated rings. The summed E-state index contributed by atoms with van der Waals surface area (Å²) >= 11 is 1.57. The maximum atomic E-state index is 13.9. The third kappa shape index (κ3) is 22.4. The van der Waals surface area contributed by atoms with Gasteiger partial charge in [0.15, 0.2) is 35.3 Å². The number of nitrogens with one attached hydrogen (secondary N) is 2. The number of carbonyl (C=O) groups is 7. The number of aromatic hydroxyl groups is 1. The van der Waals surface area contributed by atoms with Crippen LogP contribution in [0.5, 0.6) is 11.5 Å². The predicted molar refractivity (Wildman–Crippen MR) is 558 cm³/mol. The fourth-order valence-corrected chi connectivity index (χ4v) is 19.6. The Morgan fingerprint density at radius 2 is 1.16 bits per heavy atom. The van der Waals surface area contributed by atoms with Crippen molar-refractivity contribution in [1.82, 2.24) is 49.9 Å². The van der Waals surface area contributed by atoms with Gasteiger partial charge in [-0.25, -0.2) is 25.0 Å². The van der Waals surface area contributed by atoms with Gasteiger partial charge >= 0.3 is 6.36 Å². The maximum absolute atomic E-state index is 13.9. The van der Waals surface area contributed by atoms with Gasteiger partial charge in [0.1, 0.15) is 33.8 Å². The van der Waals surface area contributed by atoms with Crippen LogP contribution in [0.3, 0.4) is 0 Å². The fourth-order valence-electron chi connectivity index (χ4n) is 18.5. The standard InChI is InChI=1S/C26H24N4O2S.C26H26N4O2.C24H24N4O3.C18H16F3N3O2.C18H23N5O/c1-4-5-16-10-18(14-28-13-16)19-12-22(33-15-19)25(2)26(23(32)30(3)24(27)29-25)9-8-17-11-20(31)6-7-21(17)26;1-26(24(32)30(2)25(27)29-26)21-13-8-12-19(16-21)22-14-7-6-11-20(22)17-28-23(31)15-18-9-4-3-5-10-18;1-24(14-21(29)28(2)23(25)27-24)19-9-4-7-17(13-19)16-6-3-8-18(12-16)22(30)26-15-20-10-5-11-31-20;1-24-16(25)10-15(23-17(24)22)13-6-2-4-11(8-13)12-5-3-7-14(9-12)26-18(19,20)21;1-5-12-7-6-8-13(9-12)14-10-15(21-23(14)4)18(2)11-16(24)22(3)17(19)20-18/h6-7,10-15,31H,8-9H2,1-3H3,(H2,27,29);3-14,16H,15,17H2,1-2H3,(H2,27,29)(H,28,31);3-13H,14-15H2,1-2H3,(H2,25,27)(H,26,30);2-9,15H,10H2,1H3,(H2,22,23);6-10H,5,11H2,1-4H3,(H2,19,20)/t25-,26?;;24-;15-;18-/m1.000/s1. The number of halogens is 3. The number of furan rings is 1. The van der Waals surface area contributed by atoms with Gasteiger partial charge in [0.25, 0.3) is 11.8 Å². The smallest absolute Gasteiger partial charge is 0.508 e. The molecule has 1 spiro atoms. The molecule has 30 nitrogen and oxygen atoms in total. The van der Waals surface area contributed by atoms with Crippen molar-refractivity contribution in [3.8, 4) is 79.1 Å². The van der Waals surface area contributed by atoms with Crippen LogP contribution < -0.4 is 44.0 Å². The van der Waals surface area contributed by atoms with E-state index >= 15 is 0 Å². The maximum Gasteiger partial charge on any atom is 0.573 e. The lowest BCUT2D eigenvalue weighted by Gasteiger charge is -2.48. The number of aryl methyl sites for hydroxylation is 3. The Labute approximate surface area is 847 Å². The number of aliphatic imine (C=N–C) groups is 5. The van der Waals surface area contributed by atoms with Gasteiger partial charge in [-0.3, -0.25) is 67.7 Å². The molecule has 6 atom stereocenters. The molecule has 748 valence electrons. The summed E-state index contributed by atoms with van der Waals surface area (Å²) < 4.78 is 48.3. The van der Waals surface area contributed by atoms with Gasteiger partial charge in [0.2, 0.25) is 29.5 Å². The zero-order valence-corrected chi connectivity index (χ0v) is 83.6. The van der Waals surface area contributed by atoms with Crippen molar-refractivity contribution in [1.29, 1.82) is 0 Å². The predicted octanol–water partition coefficient (Wildman–Crippen LogP) is 15.8. The van der Waals surface area contributed by atoms with Crippen LogP contribution in [-0.2, 0) is 95.7 Å². The van der Waals surface area contributed by atoms with Crippen LogP contribution in [0.4, 0.5) is 13.2 Å². The fraction of sp³-hybridized carbons (Fsp3) is 0.250. The molecular formula is C112H113F3N20O10S. The van der Waals surface area contributed by atoms with Gasteiger partial charge in [-0.1, -0.05) is 171 Å². The number of amides is 7. The molecule has 9 aromatic carbocycles. The number of fused-ring (bicyclic) bond motifs is 2. The topological polar surface area (TPSA) is 425 Å². The zero-order valence-electron chi connectivity index (χ0n) is 82.8. The largest absolute Gasteiger partial charge is 0.573 e. The summed E-state index contributed by atoms with van der Waals surface area (Å²) in [4.78, 5) is 123. The Bertz CT molecular complexity index is 7410. The minimum absolute atomic E-state index is 0.0309.